The number of Topliss-reactive ketones (excluding diaryl/α,β-unsaturated/α-hetero) is 1. The van der Waals surface area contributed by atoms with Crippen molar-refractivity contribution < 1.29 is 23.9 Å². The van der Waals surface area contributed by atoms with Crippen LogP contribution in [0.1, 0.15) is 44.5 Å². The predicted molar refractivity (Wildman–Crippen MR) is 115 cm³/mol. The summed E-state index contributed by atoms with van der Waals surface area (Å²) in [5, 5.41) is 1.12. The van der Waals surface area contributed by atoms with Gasteiger partial charge in [0, 0.05) is 23.0 Å². The van der Waals surface area contributed by atoms with Gasteiger partial charge in [-0.25, -0.2) is 4.79 Å². The van der Waals surface area contributed by atoms with E-state index in [1.165, 1.54) is 21.0 Å². The highest BCUT2D eigenvalue weighted by atomic mass is 16.5. The number of esters is 1. The number of ketones is 1. The summed E-state index contributed by atoms with van der Waals surface area (Å²) in [6.45, 7) is 4.98. The Morgan fingerprint density at radius 1 is 1.23 bits per heavy atom. The summed E-state index contributed by atoms with van der Waals surface area (Å²) in [6, 6.07) is 7.34. The van der Waals surface area contributed by atoms with E-state index in [0.717, 1.165) is 28.6 Å². The maximum atomic E-state index is 13.5. The number of para-hydroxylation sites is 1. The van der Waals surface area contributed by atoms with E-state index < -0.39 is 6.04 Å². The van der Waals surface area contributed by atoms with E-state index in [1.54, 1.807) is 11.2 Å². The summed E-state index contributed by atoms with van der Waals surface area (Å²) in [6.07, 6.45) is 4.74. The monoisotopic (exact) mass is 424 g/mol. The molecule has 5 rings (SSSR count). The van der Waals surface area contributed by atoms with E-state index in [-0.39, 0.29) is 41.6 Å². The van der Waals surface area contributed by atoms with E-state index in [1.807, 2.05) is 31.2 Å². The first-order chi connectivity index (χ1) is 14.8. The summed E-state index contributed by atoms with van der Waals surface area (Å²) in [5.41, 5.74) is 3.21. The molecule has 1 N–H and O–H groups in total. The number of amides is 1. The van der Waals surface area contributed by atoms with Crippen LogP contribution in [0, 0.1) is 11.8 Å². The number of fused-ring (bicyclic) bond motifs is 6. The molecule has 1 saturated heterocycles. The lowest BCUT2D eigenvalue weighted by Gasteiger charge is -2.49. The van der Waals surface area contributed by atoms with Crippen molar-refractivity contribution in [2.45, 2.75) is 51.8 Å². The molecule has 3 aliphatic rings. The number of hydrogen-bond donors (Lipinski definition) is 1. The van der Waals surface area contributed by atoms with E-state index in [0.29, 0.717) is 6.42 Å². The van der Waals surface area contributed by atoms with Gasteiger partial charge in [0.05, 0.1) is 25.3 Å². The van der Waals surface area contributed by atoms with E-state index in [9.17, 15) is 14.4 Å². The molecule has 3 unspecified atom stereocenters. The lowest BCUT2D eigenvalue weighted by molar-refractivity contribution is -0.166. The fourth-order valence-electron chi connectivity index (χ4n) is 5.11. The molecule has 5 atom stereocenters. The molecule has 7 heteroatoms. The van der Waals surface area contributed by atoms with Gasteiger partial charge in [0.2, 0.25) is 5.91 Å². The van der Waals surface area contributed by atoms with Crippen molar-refractivity contribution in [3.63, 3.8) is 0 Å². The second-order valence-electron chi connectivity index (χ2n) is 8.57. The van der Waals surface area contributed by atoms with Crippen molar-refractivity contribution in [3.05, 3.63) is 47.9 Å². The largest absolute Gasteiger partial charge is 0.498 e. The molecule has 3 aliphatic heterocycles. The van der Waals surface area contributed by atoms with E-state index in [2.05, 4.69) is 11.1 Å². The van der Waals surface area contributed by atoms with Crippen LogP contribution in [0.15, 0.2) is 36.6 Å². The molecule has 164 valence electrons. The fraction of sp³-hybridized carbons (Fsp3) is 0.458. The van der Waals surface area contributed by atoms with Crippen molar-refractivity contribution >= 4 is 28.6 Å². The molecule has 0 aliphatic carbocycles. The number of aromatic amines is 1. The van der Waals surface area contributed by atoms with Crippen molar-refractivity contribution in [3.8, 4) is 0 Å². The summed E-state index contributed by atoms with van der Waals surface area (Å²) >= 11 is 0. The number of methoxy groups -OCH3 is 1. The highest BCUT2D eigenvalue weighted by Gasteiger charge is 2.52. The van der Waals surface area contributed by atoms with Crippen molar-refractivity contribution in [1.82, 2.24) is 9.88 Å². The minimum Gasteiger partial charge on any atom is -0.498 e. The number of rotatable bonds is 1. The number of carbonyl (C=O) groups excluding carboxylic acids is 3. The number of H-pyrrole nitrogens is 1. The third-order valence-corrected chi connectivity index (χ3v) is 6.34. The third kappa shape index (κ3) is 3.62. The molecule has 1 amide bonds. The molecule has 0 spiro atoms. The number of nitrogens with one attached hydrogen (secondary N) is 1. The van der Waals surface area contributed by atoms with Crippen LogP contribution in [0.3, 0.4) is 0 Å². The zero-order chi connectivity index (χ0) is 22.3. The zero-order valence-corrected chi connectivity index (χ0v) is 18.3. The quantitative estimate of drug-likeness (QED) is 0.710. The predicted octanol–water partition coefficient (Wildman–Crippen LogP) is 3.30. The third-order valence-electron chi connectivity index (χ3n) is 6.34. The van der Waals surface area contributed by atoms with Crippen LogP contribution in [0.5, 0.6) is 0 Å². The Labute approximate surface area is 181 Å². The van der Waals surface area contributed by atoms with Crippen LogP contribution < -0.4 is 0 Å². The van der Waals surface area contributed by atoms with Crippen LogP contribution in [0.4, 0.5) is 0 Å². The molecule has 4 heterocycles. The highest BCUT2D eigenvalue weighted by molar-refractivity contribution is 5.92. The SMILES string of the molecule is CC(C)=O.COC(=O)[C@@H]1Cc2c([nH]c3ccccc23)C2CC3C=CO[C@@H](C)C3C(=O)N21. The molecule has 2 aromatic rings. The van der Waals surface area contributed by atoms with Gasteiger partial charge in [-0.05, 0) is 50.8 Å². The number of piperidine rings is 1. The van der Waals surface area contributed by atoms with Gasteiger partial charge in [-0.2, -0.15) is 0 Å². The number of ether oxygens (including phenoxy) is 2. The molecule has 31 heavy (non-hydrogen) atoms. The summed E-state index contributed by atoms with van der Waals surface area (Å²) in [5.74, 6) is -0.363. The molecular formula is C24H28N2O5. The van der Waals surface area contributed by atoms with Gasteiger partial charge in [0.25, 0.3) is 0 Å². The van der Waals surface area contributed by atoms with E-state index >= 15 is 0 Å². The van der Waals surface area contributed by atoms with Gasteiger partial charge in [-0.3, -0.25) is 4.79 Å². The minimum atomic E-state index is -0.599. The maximum absolute atomic E-state index is 13.5. The highest BCUT2D eigenvalue weighted by Crippen LogP contribution is 2.47. The maximum Gasteiger partial charge on any atom is 0.328 e. The zero-order valence-electron chi connectivity index (χ0n) is 18.3. The van der Waals surface area contributed by atoms with Crippen molar-refractivity contribution in [1.29, 1.82) is 0 Å². The van der Waals surface area contributed by atoms with Crippen molar-refractivity contribution in [2.24, 2.45) is 11.8 Å². The van der Waals surface area contributed by atoms with Gasteiger partial charge >= 0.3 is 5.97 Å². The average Bonchev–Trinajstić information content (AvgIpc) is 3.11. The van der Waals surface area contributed by atoms with Gasteiger partial charge in [0.15, 0.2) is 0 Å². The molecule has 0 bridgehead atoms. The molecule has 7 nitrogen and oxygen atoms in total. The first-order valence-electron chi connectivity index (χ1n) is 10.6. The van der Waals surface area contributed by atoms with Crippen molar-refractivity contribution in [2.75, 3.05) is 7.11 Å². The summed E-state index contributed by atoms with van der Waals surface area (Å²) < 4.78 is 10.7. The van der Waals surface area contributed by atoms with Crippen LogP contribution in [-0.4, -0.2) is 46.8 Å². The topological polar surface area (TPSA) is 88.7 Å². The molecule has 1 fully saturated rings. The van der Waals surface area contributed by atoms with Crippen LogP contribution >= 0.6 is 0 Å². The molecule has 1 aromatic carbocycles. The summed E-state index contributed by atoms with van der Waals surface area (Å²) in [7, 11) is 1.38. The Morgan fingerprint density at radius 2 is 1.94 bits per heavy atom. The molecule has 0 saturated carbocycles. The Balaban J connectivity index is 0.000000535. The molecular weight excluding hydrogens is 396 g/mol. The number of hydrogen-bond acceptors (Lipinski definition) is 5. The first kappa shape index (κ1) is 21.2. The molecule has 1 aromatic heterocycles. The minimum absolute atomic E-state index is 0.0205. The van der Waals surface area contributed by atoms with Gasteiger partial charge < -0.3 is 24.2 Å². The molecule has 0 radical (unpaired) electrons. The lowest BCUT2D eigenvalue weighted by Crippen LogP contribution is -2.59. The Kier molecular flexibility index (Phi) is 5.60. The summed E-state index contributed by atoms with van der Waals surface area (Å²) in [4.78, 5) is 40.8. The average molecular weight is 424 g/mol. The fourth-order valence-corrected chi connectivity index (χ4v) is 5.11. The van der Waals surface area contributed by atoms with Gasteiger partial charge in [-0.1, -0.05) is 18.2 Å². The lowest BCUT2D eigenvalue weighted by atomic mass is 9.73. The Morgan fingerprint density at radius 3 is 2.65 bits per heavy atom. The first-order valence-corrected chi connectivity index (χ1v) is 10.6. The number of carbonyl (C=O) groups is 3. The van der Waals surface area contributed by atoms with Gasteiger partial charge in [0.1, 0.15) is 17.9 Å². The Bertz CT molecular complexity index is 1050. The second kappa shape index (κ2) is 8.21. The van der Waals surface area contributed by atoms with Crippen LogP contribution in [0.25, 0.3) is 10.9 Å². The normalized spacial score (nSPS) is 28.5. The number of allylic oxidation sites excluding steroid dienone is 1. The van der Waals surface area contributed by atoms with Gasteiger partial charge in [-0.15, -0.1) is 0 Å². The second-order valence-corrected chi connectivity index (χ2v) is 8.57. The van der Waals surface area contributed by atoms with Crippen LogP contribution in [-0.2, 0) is 30.3 Å². The Hall–Kier alpha value is -3.09. The number of benzene rings is 1. The van der Waals surface area contributed by atoms with Crippen LogP contribution in [0.2, 0.25) is 0 Å². The standard InChI is InChI=1S/C21H22N2O4.C3H6O/c1-11-18-12(7-8-27-11)9-16-19-14(13-5-3-4-6-15(13)22-19)10-17(21(25)26-2)23(16)20(18)24;1-3(2)4/h3-8,11-12,16-18,22H,9-10H2,1-2H3;1-2H3/t11-,12?,16?,17-,18?;/m0./s1. The smallest absolute Gasteiger partial charge is 0.328 e. The number of nitrogens with zero attached hydrogens (tertiary/aromatic N) is 1. The number of aromatic nitrogens is 1. The van der Waals surface area contributed by atoms with E-state index in [4.69, 9.17) is 9.47 Å².